The zero-order valence-corrected chi connectivity index (χ0v) is 30.1. The van der Waals surface area contributed by atoms with Gasteiger partial charge in [-0.15, -0.1) is 0 Å². The molecule has 0 bridgehead atoms. The fraction of sp³-hybridized carbons (Fsp3) is 0.472. The highest BCUT2D eigenvalue weighted by Gasteiger charge is 2.59. The van der Waals surface area contributed by atoms with Gasteiger partial charge in [-0.3, -0.25) is 24.5 Å². The number of aromatic nitrogens is 2. The van der Waals surface area contributed by atoms with Crippen LogP contribution >= 0.6 is 11.6 Å². The molecule has 1 aliphatic rings. The van der Waals surface area contributed by atoms with Gasteiger partial charge >= 0.3 is 0 Å². The van der Waals surface area contributed by atoms with Crippen LogP contribution in [-0.4, -0.2) is 47.3 Å². The highest BCUT2D eigenvalue weighted by atomic mass is 35.5. The molecule has 0 spiro atoms. The largest absolute Gasteiger partial charge is 0.397 e. The summed E-state index contributed by atoms with van der Waals surface area (Å²) in [5.74, 6) is -1.11. The summed E-state index contributed by atoms with van der Waals surface area (Å²) in [6.07, 6.45) is 5.49. The summed E-state index contributed by atoms with van der Waals surface area (Å²) < 4.78 is 44.2. The van der Waals surface area contributed by atoms with Crippen LogP contribution in [0.1, 0.15) is 106 Å². The maximum Gasteiger partial charge on any atom is 0.251 e. The molecule has 12 heteroatoms. The highest BCUT2D eigenvalue weighted by Crippen LogP contribution is 2.54. The Bertz CT molecular complexity index is 1550. The Kier molecular flexibility index (Phi) is 17.3. The molecule has 5 N–H and O–H groups in total. The molecule has 2 aromatic heterocycles. The van der Waals surface area contributed by atoms with Crippen LogP contribution in [-0.2, 0) is 16.9 Å². The Morgan fingerprint density at radius 2 is 1.77 bits per heavy atom. The molecule has 1 unspecified atom stereocenters. The predicted octanol–water partition coefficient (Wildman–Crippen LogP) is 8.17. The molecule has 1 fully saturated rings. The average Bonchev–Trinajstić information content (AvgIpc) is 3.83. The Morgan fingerprint density at radius 3 is 2.31 bits per heavy atom. The zero-order valence-electron chi connectivity index (χ0n) is 29.3. The number of nitrogens with one attached hydrogen (secondary N) is 1. The molecule has 8 nitrogen and oxygen atoms in total. The van der Waals surface area contributed by atoms with Gasteiger partial charge in [0.25, 0.3) is 5.91 Å². The third kappa shape index (κ3) is 10.5. The minimum atomic E-state index is -1.62. The molecule has 4 rings (SSSR count). The van der Waals surface area contributed by atoms with Crippen LogP contribution in [0.25, 0.3) is 11.3 Å². The molecule has 0 aliphatic heterocycles. The topological polar surface area (TPSA) is 136 Å². The summed E-state index contributed by atoms with van der Waals surface area (Å²) in [6.45, 7) is 15.2. The molecule has 1 atom stereocenters. The second kappa shape index (κ2) is 19.7. The molecule has 2 heterocycles. The molecule has 3 aromatic rings. The minimum absolute atomic E-state index is 0.0705. The second-order valence-electron chi connectivity index (χ2n) is 11.4. The van der Waals surface area contributed by atoms with Gasteiger partial charge in [0.15, 0.2) is 5.82 Å². The van der Waals surface area contributed by atoms with Crippen molar-refractivity contribution >= 4 is 35.8 Å². The maximum atomic E-state index is 16.0. The van der Waals surface area contributed by atoms with Crippen LogP contribution in [0.5, 0.6) is 0 Å². The van der Waals surface area contributed by atoms with Crippen molar-refractivity contribution in [3.8, 4) is 11.3 Å². The number of primary amides is 1. The van der Waals surface area contributed by atoms with Crippen molar-refractivity contribution < 1.29 is 22.8 Å². The van der Waals surface area contributed by atoms with Crippen LogP contribution in [0, 0.1) is 19.7 Å². The van der Waals surface area contributed by atoms with Crippen LogP contribution < -0.4 is 16.8 Å². The number of nitrogens with zero attached hydrogens (tertiary/aromatic N) is 3. The first-order valence-electron chi connectivity index (χ1n) is 16.2. The Labute approximate surface area is 288 Å². The standard InChI is InChI=1S/C30H33ClF3N5O.C3H8.C2H6.CH3NO/c1-5-8-36-14-20-10-19(11-23(31)26(20)35)28(40)38-16-29(4,30(34)6-7-30)25-9-17(2)18(3)27(39-25)22-12-21(13-32)37-15-24(22)33;1-3-2;1-2;2-1-3/h9-12,14-15H,5-8,13,16,35H2,1-4H3,(H,38,40);3H2,1-2H3;1-2H3;1H,(H2,2,3). The maximum absolute atomic E-state index is 16.0. The number of aryl methyl sites for hydroxylation is 1. The number of nitrogen functional groups attached to an aromatic ring is 1. The molecule has 48 heavy (non-hydrogen) atoms. The van der Waals surface area contributed by atoms with Crippen molar-refractivity contribution in [2.24, 2.45) is 10.7 Å². The van der Waals surface area contributed by atoms with Gasteiger partial charge in [-0.25, -0.2) is 13.2 Å². The molecule has 0 radical (unpaired) electrons. The van der Waals surface area contributed by atoms with Crippen molar-refractivity contribution in [2.45, 2.75) is 98.8 Å². The van der Waals surface area contributed by atoms with E-state index in [1.807, 2.05) is 27.7 Å². The van der Waals surface area contributed by atoms with Gasteiger partial charge in [0.2, 0.25) is 6.41 Å². The van der Waals surface area contributed by atoms with E-state index in [2.05, 4.69) is 34.9 Å². The van der Waals surface area contributed by atoms with E-state index < -0.39 is 29.5 Å². The smallest absolute Gasteiger partial charge is 0.251 e. The number of benzene rings is 1. The third-order valence-corrected chi connectivity index (χ3v) is 8.00. The van der Waals surface area contributed by atoms with Crippen molar-refractivity contribution in [1.82, 2.24) is 15.3 Å². The number of pyridine rings is 2. The van der Waals surface area contributed by atoms with Gasteiger partial charge in [-0.05, 0) is 75.4 Å². The van der Waals surface area contributed by atoms with E-state index in [9.17, 15) is 13.6 Å². The lowest BCUT2D eigenvalue weighted by Gasteiger charge is -2.34. The first-order valence-corrected chi connectivity index (χ1v) is 16.6. The normalized spacial score (nSPS) is 13.8. The number of amides is 2. The van der Waals surface area contributed by atoms with E-state index in [-0.39, 0.29) is 40.5 Å². The molecular formula is C36H50ClF3N6O2. The molecule has 2 amide bonds. The summed E-state index contributed by atoms with van der Waals surface area (Å²) in [7, 11) is 0. The number of hydrogen-bond donors (Lipinski definition) is 3. The van der Waals surface area contributed by atoms with E-state index >= 15 is 4.39 Å². The molecule has 0 saturated heterocycles. The first-order chi connectivity index (χ1) is 22.8. The third-order valence-electron chi connectivity index (χ3n) is 7.69. The van der Waals surface area contributed by atoms with Crippen molar-refractivity contribution in [3.05, 3.63) is 74.9 Å². The molecule has 1 saturated carbocycles. The lowest BCUT2D eigenvalue weighted by Crippen LogP contribution is -2.47. The van der Waals surface area contributed by atoms with E-state index in [4.69, 9.17) is 27.1 Å². The predicted molar refractivity (Wildman–Crippen MR) is 191 cm³/mol. The fourth-order valence-electron chi connectivity index (χ4n) is 4.69. The number of carbonyl (C=O) groups is 2. The number of halogens is 4. The van der Waals surface area contributed by atoms with Gasteiger partial charge in [-0.1, -0.05) is 52.6 Å². The second-order valence-corrected chi connectivity index (χ2v) is 11.8. The van der Waals surface area contributed by atoms with Crippen LogP contribution in [0.4, 0.5) is 18.9 Å². The zero-order chi connectivity index (χ0) is 36.7. The number of carbonyl (C=O) groups excluding carboxylic acids is 2. The van der Waals surface area contributed by atoms with E-state index in [1.165, 1.54) is 18.6 Å². The minimum Gasteiger partial charge on any atom is -0.397 e. The van der Waals surface area contributed by atoms with E-state index in [0.717, 1.165) is 18.2 Å². The number of alkyl halides is 2. The molecule has 1 aliphatic carbocycles. The summed E-state index contributed by atoms with van der Waals surface area (Å²) in [6, 6.07) is 6.14. The SMILES string of the molecule is CC.CCC.CCCN=Cc1cc(C(=O)NCC(C)(c2cc(C)c(C)c(-c3cc(CF)ncc3F)n2)C2(F)CC2)cc(Cl)c1N.NC=O. The first kappa shape index (κ1) is 42.0. The highest BCUT2D eigenvalue weighted by molar-refractivity contribution is 6.34. The summed E-state index contributed by atoms with van der Waals surface area (Å²) in [5, 5.41) is 3.07. The number of nitrogens with two attached hydrogens (primary N) is 2. The summed E-state index contributed by atoms with van der Waals surface area (Å²) in [4.78, 5) is 34.6. The Morgan fingerprint density at radius 1 is 1.17 bits per heavy atom. The van der Waals surface area contributed by atoms with Crippen molar-refractivity contribution in [3.63, 3.8) is 0 Å². The quantitative estimate of drug-likeness (QED) is 0.112. The number of hydrogen-bond acceptors (Lipinski definition) is 6. The average molecular weight is 691 g/mol. The van der Waals surface area contributed by atoms with Crippen LogP contribution in [0.15, 0.2) is 35.5 Å². The van der Waals surface area contributed by atoms with Crippen molar-refractivity contribution in [1.29, 1.82) is 0 Å². The number of aliphatic imine (C=N–C) groups is 1. The fourth-order valence-corrected chi connectivity index (χ4v) is 4.91. The monoisotopic (exact) mass is 690 g/mol. The van der Waals surface area contributed by atoms with E-state index in [0.29, 0.717) is 41.9 Å². The van der Waals surface area contributed by atoms with E-state index in [1.54, 1.807) is 32.2 Å². The van der Waals surface area contributed by atoms with Crippen molar-refractivity contribution in [2.75, 3.05) is 18.8 Å². The Balaban J connectivity index is 0.00000132. The van der Waals surface area contributed by atoms with Gasteiger partial charge in [0.05, 0.1) is 39.4 Å². The molecular weight excluding hydrogens is 641 g/mol. The number of rotatable bonds is 10. The lowest BCUT2D eigenvalue weighted by atomic mass is 9.78. The summed E-state index contributed by atoms with van der Waals surface area (Å²) >= 11 is 6.29. The van der Waals surface area contributed by atoms with Gasteiger partial charge in [-0.2, -0.15) is 0 Å². The van der Waals surface area contributed by atoms with Crippen LogP contribution in [0.3, 0.4) is 0 Å². The lowest BCUT2D eigenvalue weighted by molar-refractivity contribution is -0.106. The number of anilines is 1. The summed E-state index contributed by atoms with van der Waals surface area (Å²) in [5.41, 5.74) is 10.7. The van der Waals surface area contributed by atoms with Gasteiger partial charge in [0.1, 0.15) is 12.3 Å². The molecule has 1 aromatic carbocycles. The van der Waals surface area contributed by atoms with Gasteiger partial charge in [0, 0.05) is 36.0 Å². The Hall–Kier alpha value is -3.99. The van der Waals surface area contributed by atoms with Gasteiger partial charge < -0.3 is 16.8 Å². The van der Waals surface area contributed by atoms with Crippen LogP contribution in [0.2, 0.25) is 5.02 Å². The molecule has 264 valence electrons.